The van der Waals surface area contributed by atoms with Crippen molar-refractivity contribution in [1.29, 1.82) is 0 Å². The number of hydrogen-bond donors (Lipinski definition) is 1. The van der Waals surface area contributed by atoms with E-state index in [1.807, 2.05) is 49.4 Å². The van der Waals surface area contributed by atoms with Crippen LogP contribution in [-0.4, -0.2) is 48.4 Å². The van der Waals surface area contributed by atoms with E-state index in [1.165, 1.54) is 0 Å². The number of anilines is 1. The predicted molar refractivity (Wildman–Crippen MR) is 123 cm³/mol. The molecule has 4 rings (SSSR count). The summed E-state index contributed by atoms with van der Waals surface area (Å²) in [5, 5.41) is 2.91. The van der Waals surface area contributed by atoms with Crippen LogP contribution in [0.15, 0.2) is 53.5 Å². The highest BCUT2D eigenvalue weighted by Gasteiger charge is 2.48. The first-order valence-electron chi connectivity index (χ1n) is 11.1. The van der Waals surface area contributed by atoms with Crippen molar-refractivity contribution < 1.29 is 19.1 Å². The lowest BCUT2D eigenvalue weighted by Gasteiger charge is -2.38. The van der Waals surface area contributed by atoms with Crippen LogP contribution in [0.3, 0.4) is 0 Å². The molecule has 0 atom stereocenters. The van der Waals surface area contributed by atoms with Crippen LogP contribution in [0.4, 0.5) is 5.69 Å². The largest absolute Gasteiger partial charge is 0.497 e. The molecule has 2 aromatic carbocycles. The molecule has 1 aliphatic carbocycles. The number of rotatable bonds is 7. The van der Waals surface area contributed by atoms with E-state index < -0.39 is 5.66 Å². The molecule has 168 valence electrons. The van der Waals surface area contributed by atoms with Gasteiger partial charge in [0.2, 0.25) is 5.91 Å². The van der Waals surface area contributed by atoms with Crippen molar-refractivity contribution in [3.05, 3.63) is 54.1 Å². The lowest BCUT2D eigenvalue weighted by molar-refractivity contribution is -0.134. The van der Waals surface area contributed by atoms with Crippen molar-refractivity contribution in [1.82, 2.24) is 4.90 Å². The quantitative estimate of drug-likeness (QED) is 0.712. The number of benzene rings is 2. The predicted octanol–water partition coefficient (Wildman–Crippen LogP) is 4.02. The van der Waals surface area contributed by atoms with Crippen molar-refractivity contribution in [3.8, 4) is 11.5 Å². The van der Waals surface area contributed by atoms with Gasteiger partial charge in [-0.15, -0.1) is 0 Å². The summed E-state index contributed by atoms with van der Waals surface area (Å²) in [5.41, 5.74) is 1.10. The van der Waals surface area contributed by atoms with Crippen LogP contribution in [0, 0.1) is 0 Å². The third-order valence-corrected chi connectivity index (χ3v) is 6.05. The fourth-order valence-corrected chi connectivity index (χ4v) is 4.47. The second kappa shape index (κ2) is 9.42. The Morgan fingerprint density at radius 3 is 2.50 bits per heavy atom. The van der Waals surface area contributed by atoms with E-state index >= 15 is 0 Å². The number of amides is 2. The Bertz CT molecular complexity index is 1010. The van der Waals surface area contributed by atoms with Crippen LogP contribution < -0.4 is 14.8 Å². The molecule has 1 fully saturated rings. The molecule has 0 bridgehead atoms. The Kier molecular flexibility index (Phi) is 6.44. The van der Waals surface area contributed by atoms with Gasteiger partial charge in [0.25, 0.3) is 5.91 Å². The summed E-state index contributed by atoms with van der Waals surface area (Å²) in [6.45, 7) is 2.34. The summed E-state index contributed by atoms with van der Waals surface area (Å²) in [7, 11) is 1.61. The molecule has 32 heavy (non-hydrogen) atoms. The highest BCUT2D eigenvalue weighted by atomic mass is 16.5. The maximum atomic E-state index is 13.5. The molecule has 0 radical (unpaired) electrons. The number of aliphatic imine (C=N–C) groups is 1. The van der Waals surface area contributed by atoms with Gasteiger partial charge in [-0.2, -0.15) is 0 Å². The van der Waals surface area contributed by atoms with Crippen molar-refractivity contribution in [2.75, 3.05) is 25.6 Å². The van der Waals surface area contributed by atoms with E-state index in [0.29, 0.717) is 23.8 Å². The molecular formula is C25H29N3O4. The maximum absolute atomic E-state index is 13.5. The number of para-hydroxylation sites is 2. The summed E-state index contributed by atoms with van der Waals surface area (Å²) in [4.78, 5) is 33.0. The second-order valence-corrected chi connectivity index (χ2v) is 8.10. The van der Waals surface area contributed by atoms with Crippen LogP contribution in [0.5, 0.6) is 11.5 Å². The van der Waals surface area contributed by atoms with Gasteiger partial charge in [0, 0.05) is 5.56 Å². The summed E-state index contributed by atoms with van der Waals surface area (Å²) < 4.78 is 10.8. The van der Waals surface area contributed by atoms with Gasteiger partial charge in [0.1, 0.15) is 29.4 Å². The van der Waals surface area contributed by atoms with E-state index in [0.717, 1.165) is 43.4 Å². The van der Waals surface area contributed by atoms with Crippen molar-refractivity contribution in [2.24, 2.45) is 4.99 Å². The molecule has 2 aliphatic rings. The Hall–Kier alpha value is -3.35. The number of nitrogens with one attached hydrogen (secondary N) is 1. The molecule has 2 aromatic rings. The van der Waals surface area contributed by atoms with Gasteiger partial charge in [0.05, 0.1) is 19.4 Å². The number of nitrogens with zero attached hydrogens (tertiary/aromatic N) is 2. The Morgan fingerprint density at radius 1 is 1.09 bits per heavy atom. The average molecular weight is 436 g/mol. The Labute approximate surface area is 188 Å². The molecule has 0 saturated heterocycles. The average Bonchev–Trinajstić information content (AvgIpc) is 3.07. The van der Waals surface area contributed by atoms with Crippen LogP contribution in [0.2, 0.25) is 0 Å². The first-order chi connectivity index (χ1) is 15.6. The van der Waals surface area contributed by atoms with Gasteiger partial charge < -0.3 is 19.7 Å². The van der Waals surface area contributed by atoms with Gasteiger partial charge in [-0.05, 0) is 69.0 Å². The zero-order chi connectivity index (χ0) is 22.6. The minimum Gasteiger partial charge on any atom is -0.497 e. The molecule has 1 heterocycles. The molecule has 2 amide bonds. The first kappa shape index (κ1) is 21.9. The number of carbonyl (C=O) groups is 2. The van der Waals surface area contributed by atoms with Crippen LogP contribution in [0.25, 0.3) is 0 Å². The molecule has 7 heteroatoms. The monoisotopic (exact) mass is 435 g/mol. The maximum Gasteiger partial charge on any atom is 0.275 e. The van der Waals surface area contributed by atoms with E-state index in [9.17, 15) is 9.59 Å². The minimum absolute atomic E-state index is 0.0531. The Morgan fingerprint density at radius 2 is 1.81 bits per heavy atom. The van der Waals surface area contributed by atoms with Gasteiger partial charge >= 0.3 is 0 Å². The fourth-order valence-electron chi connectivity index (χ4n) is 4.47. The van der Waals surface area contributed by atoms with Crippen molar-refractivity contribution >= 4 is 23.2 Å². The highest BCUT2D eigenvalue weighted by Crippen LogP contribution is 2.39. The molecule has 1 spiro atoms. The normalized spacial score (nSPS) is 17.2. The number of hydrogen-bond acceptors (Lipinski definition) is 5. The fraction of sp³-hybridized carbons (Fsp3) is 0.400. The second-order valence-electron chi connectivity index (χ2n) is 8.10. The Balaban J connectivity index is 1.57. The standard InChI is InChI=1S/C25H29N3O4/c1-3-32-21-10-6-5-9-20(21)26-22(29)17-28-24(30)23(18-11-13-19(31-2)14-12-18)27-25(28)15-7-4-8-16-25/h5-6,9-14H,3-4,7-8,15-17H2,1-2H3,(H,26,29). The lowest BCUT2D eigenvalue weighted by atomic mass is 9.88. The SMILES string of the molecule is CCOc1ccccc1NC(=O)CN1C(=O)C(c2ccc(OC)cc2)=NC12CCCCC2. The molecule has 1 aliphatic heterocycles. The van der Waals surface area contributed by atoms with Crippen molar-refractivity contribution in [3.63, 3.8) is 0 Å². The number of carbonyl (C=O) groups excluding carboxylic acids is 2. The first-order valence-corrected chi connectivity index (χ1v) is 11.1. The van der Waals surface area contributed by atoms with E-state index in [1.54, 1.807) is 18.1 Å². The van der Waals surface area contributed by atoms with Gasteiger partial charge in [-0.3, -0.25) is 14.6 Å². The molecule has 1 saturated carbocycles. The molecule has 7 nitrogen and oxygen atoms in total. The topological polar surface area (TPSA) is 80.2 Å². The number of methoxy groups -OCH3 is 1. The highest BCUT2D eigenvalue weighted by molar-refractivity contribution is 6.47. The molecule has 0 unspecified atom stereocenters. The van der Waals surface area contributed by atoms with E-state index in [-0.39, 0.29) is 18.4 Å². The van der Waals surface area contributed by atoms with Gasteiger partial charge in [-0.25, -0.2) is 0 Å². The van der Waals surface area contributed by atoms with Crippen molar-refractivity contribution in [2.45, 2.75) is 44.7 Å². The molecular weight excluding hydrogens is 406 g/mol. The summed E-state index contributed by atoms with van der Waals surface area (Å²) >= 11 is 0. The van der Waals surface area contributed by atoms with Crippen LogP contribution in [0.1, 0.15) is 44.6 Å². The minimum atomic E-state index is -0.651. The van der Waals surface area contributed by atoms with Crippen LogP contribution >= 0.6 is 0 Å². The summed E-state index contributed by atoms with van der Waals surface area (Å²) in [5.74, 6) is 0.863. The van der Waals surface area contributed by atoms with Gasteiger partial charge in [0.15, 0.2) is 0 Å². The summed E-state index contributed by atoms with van der Waals surface area (Å²) in [6, 6.07) is 14.6. The summed E-state index contributed by atoms with van der Waals surface area (Å²) in [6.07, 6.45) is 4.61. The smallest absolute Gasteiger partial charge is 0.275 e. The third-order valence-electron chi connectivity index (χ3n) is 6.05. The zero-order valence-electron chi connectivity index (χ0n) is 18.6. The zero-order valence-corrected chi connectivity index (χ0v) is 18.6. The molecule has 0 aromatic heterocycles. The van der Waals surface area contributed by atoms with E-state index in [2.05, 4.69) is 5.32 Å². The number of ether oxygens (including phenoxy) is 2. The van der Waals surface area contributed by atoms with Crippen LogP contribution in [-0.2, 0) is 9.59 Å². The van der Waals surface area contributed by atoms with Gasteiger partial charge in [-0.1, -0.05) is 18.6 Å². The third kappa shape index (κ3) is 4.33. The van der Waals surface area contributed by atoms with E-state index in [4.69, 9.17) is 14.5 Å². The molecule has 1 N–H and O–H groups in total. The lowest BCUT2D eigenvalue weighted by Crippen LogP contribution is -2.51.